The van der Waals surface area contributed by atoms with Crippen LogP contribution in [0.5, 0.6) is 0 Å². The highest BCUT2D eigenvalue weighted by atomic mass is 19.1. The monoisotopic (exact) mass is 338 g/mol. The van der Waals surface area contributed by atoms with Crippen LogP contribution in [0.1, 0.15) is 10.4 Å². The van der Waals surface area contributed by atoms with Crippen LogP contribution in [0.15, 0.2) is 48.7 Å². The largest absolute Gasteiger partial charge is 0.383 e. The number of nitrogen functional groups attached to an aromatic ring is 1. The van der Waals surface area contributed by atoms with E-state index in [1.54, 1.807) is 30.3 Å². The minimum absolute atomic E-state index is 0.250. The van der Waals surface area contributed by atoms with Gasteiger partial charge in [-0.05, 0) is 34.7 Å². The molecule has 5 N–H and O–H groups in total. The van der Waals surface area contributed by atoms with Crippen LogP contribution in [-0.2, 0) is 4.79 Å². The fourth-order valence-electron chi connectivity index (χ4n) is 2.56. The van der Waals surface area contributed by atoms with Crippen LogP contribution in [0.25, 0.3) is 21.9 Å². The lowest BCUT2D eigenvalue weighted by atomic mass is 9.99. The number of pyridine rings is 1. The van der Waals surface area contributed by atoms with E-state index in [-0.39, 0.29) is 23.7 Å². The van der Waals surface area contributed by atoms with Crippen molar-refractivity contribution in [3.63, 3.8) is 0 Å². The Labute approximate surface area is 142 Å². The molecule has 0 unspecified atom stereocenters. The minimum Gasteiger partial charge on any atom is -0.383 e. The van der Waals surface area contributed by atoms with Crippen molar-refractivity contribution in [3.05, 3.63) is 60.0 Å². The van der Waals surface area contributed by atoms with Gasteiger partial charge >= 0.3 is 0 Å². The molecule has 3 rings (SSSR count). The predicted octanol–water partition coefficient (Wildman–Crippen LogP) is 1.84. The topological polar surface area (TPSA) is 111 Å². The fourth-order valence-corrected chi connectivity index (χ4v) is 2.56. The number of hydrogen-bond donors (Lipinski definition) is 3. The Morgan fingerprint density at radius 3 is 2.56 bits per heavy atom. The number of fused-ring (bicyclic) bond motifs is 1. The van der Waals surface area contributed by atoms with Gasteiger partial charge in [0.2, 0.25) is 5.91 Å². The summed E-state index contributed by atoms with van der Waals surface area (Å²) in [5, 5.41) is 3.56. The Balaban J connectivity index is 2.07. The maximum absolute atomic E-state index is 13.4. The molecule has 0 spiro atoms. The summed E-state index contributed by atoms with van der Waals surface area (Å²) in [5.41, 5.74) is 12.7. The molecular weight excluding hydrogens is 323 g/mol. The third-order valence-electron chi connectivity index (χ3n) is 3.74. The maximum atomic E-state index is 13.4. The Morgan fingerprint density at radius 1 is 1.08 bits per heavy atom. The summed E-state index contributed by atoms with van der Waals surface area (Å²) in [5.74, 6) is -1.22. The van der Waals surface area contributed by atoms with E-state index in [1.807, 2.05) is 0 Å². The summed E-state index contributed by atoms with van der Waals surface area (Å²) in [6, 6.07) is 11.4. The van der Waals surface area contributed by atoms with Crippen molar-refractivity contribution < 1.29 is 14.0 Å². The van der Waals surface area contributed by atoms with E-state index < -0.39 is 11.8 Å². The van der Waals surface area contributed by atoms with Crippen LogP contribution >= 0.6 is 0 Å². The fraction of sp³-hybridized carbons (Fsp3) is 0.0556. The first-order chi connectivity index (χ1) is 12.0. The number of halogens is 1. The summed E-state index contributed by atoms with van der Waals surface area (Å²) >= 11 is 0. The van der Waals surface area contributed by atoms with Crippen LogP contribution in [0.4, 0.5) is 10.2 Å². The standard InChI is InChI=1S/C18H15FN4O2/c19-12-3-1-2-10(6-12)11-4-5-13-14(7-11)17(21)22-8-15(13)18(25)23-9-16(20)24/h1-8H,9H2,(H2,20,24)(H2,21,22)(H,23,25). The summed E-state index contributed by atoms with van der Waals surface area (Å²) in [4.78, 5) is 27.1. The number of anilines is 1. The molecule has 0 aliphatic heterocycles. The number of rotatable bonds is 4. The second-order valence-corrected chi connectivity index (χ2v) is 5.48. The maximum Gasteiger partial charge on any atom is 0.253 e. The lowest BCUT2D eigenvalue weighted by molar-refractivity contribution is -0.117. The van der Waals surface area contributed by atoms with Crippen molar-refractivity contribution in [1.82, 2.24) is 10.3 Å². The van der Waals surface area contributed by atoms with Gasteiger partial charge in [-0.2, -0.15) is 0 Å². The molecule has 2 aromatic carbocycles. The van der Waals surface area contributed by atoms with Gasteiger partial charge in [0.15, 0.2) is 0 Å². The van der Waals surface area contributed by atoms with Crippen LogP contribution in [0, 0.1) is 5.82 Å². The number of nitrogens with two attached hydrogens (primary N) is 2. The molecule has 1 heterocycles. The van der Waals surface area contributed by atoms with Crippen molar-refractivity contribution in [3.8, 4) is 11.1 Å². The predicted molar refractivity (Wildman–Crippen MR) is 93.1 cm³/mol. The number of benzene rings is 2. The van der Waals surface area contributed by atoms with Crippen LogP contribution in [-0.4, -0.2) is 23.3 Å². The number of carbonyl (C=O) groups excluding carboxylic acids is 2. The highest BCUT2D eigenvalue weighted by Gasteiger charge is 2.14. The molecule has 3 aromatic rings. The van der Waals surface area contributed by atoms with Gasteiger partial charge in [0.25, 0.3) is 5.91 Å². The first kappa shape index (κ1) is 16.4. The van der Waals surface area contributed by atoms with E-state index in [0.29, 0.717) is 16.3 Å². The Bertz CT molecular complexity index is 988. The molecule has 1 aromatic heterocycles. The molecule has 6 nitrogen and oxygen atoms in total. The van der Waals surface area contributed by atoms with E-state index in [4.69, 9.17) is 11.5 Å². The Kier molecular flexibility index (Phi) is 4.30. The first-order valence-corrected chi connectivity index (χ1v) is 7.46. The number of amides is 2. The van der Waals surface area contributed by atoms with E-state index in [2.05, 4.69) is 10.3 Å². The highest BCUT2D eigenvalue weighted by molar-refractivity contribution is 6.10. The van der Waals surface area contributed by atoms with Gasteiger partial charge in [0.1, 0.15) is 11.6 Å². The lowest BCUT2D eigenvalue weighted by Gasteiger charge is -2.10. The molecule has 0 radical (unpaired) electrons. The summed E-state index contributed by atoms with van der Waals surface area (Å²) < 4.78 is 13.4. The number of carbonyl (C=O) groups is 2. The molecule has 126 valence electrons. The molecular formula is C18H15FN4O2. The summed E-state index contributed by atoms with van der Waals surface area (Å²) in [6.45, 7) is -0.272. The Morgan fingerprint density at radius 2 is 1.84 bits per heavy atom. The Hall–Kier alpha value is -3.48. The smallest absolute Gasteiger partial charge is 0.253 e. The molecule has 0 bridgehead atoms. The van der Waals surface area contributed by atoms with Crippen LogP contribution in [0.2, 0.25) is 0 Å². The van der Waals surface area contributed by atoms with Gasteiger partial charge in [-0.25, -0.2) is 9.37 Å². The van der Waals surface area contributed by atoms with E-state index in [1.165, 1.54) is 18.3 Å². The number of nitrogens with one attached hydrogen (secondary N) is 1. The third kappa shape index (κ3) is 3.40. The lowest BCUT2D eigenvalue weighted by Crippen LogP contribution is -2.33. The van der Waals surface area contributed by atoms with Crippen molar-refractivity contribution in [2.75, 3.05) is 12.3 Å². The van der Waals surface area contributed by atoms with E-state index in [9.17, 15) is 14.0 Å². The van der Waals surface area contributed by atoms with Crippen molar-refractivity contribution in [2.45, 2.75) is 0 Å². The third-order valence-corrected chi connectivity index (χ3v) is 3.74. The summed E-state index contributed by atoms with van der Waals surface area (Å²) in [6.07, 6.45) is 1.34. The molecule has 2 amide bonds. The van der Waals surface area contributed by atoms with Crippen molar-refractivity contribution >= 4 is 28.4 Å². The number of primary amides is 1. The van der Waals surface area contributed by atoms with Crippen molar-refractivity contribution in [2.24, 2.45) is 5.73 Å². The molecule has 0 fully saturated rings. The van der Waals surface area contributed by atoms with Crippen LogP contribution in [0.3, 0.4) is 0 Å². The van der Waals surface area contributed by atoms with E-state index in [0.717, 1.165) is 5.56 Å². The van der Waals surface area contributed by atoms with Crippen LogP contribution < -0.4 is 16.8 Å². The quantitative estimate of drug-likeness (QED) is 0.674. The molecule has 0 atom stereocenters. The minimum atomic E-state index is -0.644. The normalized spacial score (nSPS) is 10.6. The molecule has 0 aliphatic carbocycles. The SMILES string of the molecule is NC(=O)CNC(=O)c1cnc(N)c2cc(-c3cccc(F)c3)ccc12. The zero-order valence-corrected chi connectivity index (χ0v) is 13.1. The van der Waals surface area contributed by atoms with Gasteiger partial charge in [0, 0.05) is 11.6 Å². The number of nitrogens with zero attached hydrogens (tertiary/aromatic N) is 1. The molecule has 0 saturated heterocycles. The number of hydrogen-bond acceptors (Lipinski definition) is 4. The average molecular weight is 338 g/mol. The summed E-state index contributed by atoms with van der Waals surface area (Å²) in [7, 11) is 0. The van der Waals surface area contributed by atoms with Crippen molar-refractivity contribution in [1.29, 1.82) is 0 Å². The number of aromatic nitrogens is 1. The molecule has 0 aliphatic rings. The van der Waals surface area contributed by atoms with Gasteiger partial charge in [0.05, 0.1) is 12.1 Å². The highest BCUT2D eigenvalue weighted by Crippen LogP contribution is 2.29. The second kappa shape index (κ2) is 6.56. The molecule has 0 saturated carbocycles. The van der Waals surface area contributed by atoms with E-state index >= 15 is 0 Å². The first-order valence-electron chi connectivity index (χ1n) is 7.46. The molecule has 25 heavy (non-hydrogen) atoms. The zero-order chi connectivity index (χ0) is 18.0. The van der Waals surface area contributed by atoms with Gasteiger partial charge in [-0.3, -0.25) is 9.59 Å². The van der Waals surface area contributed by atoms with Gasteiger partial charge < -0.3 is 16.8 Å². The van der Waals surface area contributed by atoms with Gasteiger partial charge in [-0.15, -0.1) is 0 Å². The van der Waals surface area contributed by atoms with Gasteiger partial charge in [-0.1, -0.05) is 24.3 Å². The average Bonchev–Trinajstić information content (AvgIpc) is 2.60. The molecule has 7 heteroatoms. The zero-order valence-electron chi connectivity index (χ0n) is 13.1. The second-order valence-electron chi connectivity index (χ2n) is 5.48.